The molecular weight excluding hydrogens is 346 g/mol. The zero-order valence-electron chi connectivity index (χ0n) is 9.51. The molecular formula is C12H8BrN3OS2. The van der Waals surface area contributed by atoms with E-state index in [-0.39, 0.29) is 6.03 Å². The molecule has 0 atom stereocenters. The number of fused-ring (bicyclic) bond motifs is 1. The zero-order chi connectivity index (χ0) is 13.2. The van der Waals surface area contributed by atoms with E-state index in [9.17, 15) is 4.79 Å². The number of benzene rings is 1. The summed E-state index contributed by atoms with van der Waals surface area (Å²) in [5.41, 5.74) is 0.875. The van der Waals surface area contributed by atoms with Gasteiger partial charge in [-0.15, -0.1) is 11.3 Å². The SMILES string of the molecule is O=C(Nc1cccs1)Nc1nc2ccc(Br)cc2s1. The van der Waals surface area contributed by atoms with Gasteiger partial charge in [0.15, 0.2) is 5.13 Å². The Hall–Kier alpha value is -1.44. The normalized spacial score (nSPS) is 10.6. The second kappa shape index (κ2) is 5.28. The first-order valence-electron chi connectivity index (χ1n) is 5.38. The van der Waals surface area contributed by atoms with Gasteiger partial charge < -0.3 is 0 Å². The van der Waals surface area contributed by atoms with Crippen molar-refractivity contribution in [2.75, 3.05) is 10.6 Å². The summed E-state index contributed by atoms with van der Waals surface area (Å²) in [5.74, 6) is 0. The molecule has 3 aromatic rings. The molecule has 0 spiro atoms. The number of hydrogen-bond donors (Lipinski definition) is 2. The van der Waals surface area contributed by atoms with Crippen molar-refractivity contribution < 1.29 is 4.79 Å². The minimum atomic E-state index is -0.277. The highest BCUT2D eigenvalue weighted by Gasteiger charge is 2.08. The van der Waals surface area contributed by atoms with E-state index in [0.29, 0.717) is 5.13 Å². The number of carbonyl (C=O) groups is 1. The van der Waals surface area contributed by atoms with Gasteiger partial charge in [-0.1, -0.05) is 27.3 Å². The Morgan fingerprint density at radius 3 is 2.95 bits per heavy atom. The molecule has 0 bridgehead atoms. The average molecular weight is 354 g/mol. The van der Waals surface area contributed by atoms with E-state index in [2.05, 4.69) is 31.5 Å². The highest BCUT2D eigenvalue weighted by molar-refractivity contribution is 9.10. The molecule has 2 N–H and O–H groups in total. The van der Waals surface area contributed by atoms with Crippen LogP contribution in [0.4, 0.5) is 14.9 Å². The summed E-state index contributed by atoms with van der Waals surface area (Å²) in [5, 5.41) is 8.79. The number of urea groups is 1. The number of carbonyl (C=O) groups excluding carboxylic acids is 1. The molecule has 4 nitrogen and oxygen atoms in total. The Bertz CT molecular complexity index is 724. The van der Waals surface area contributed by atoms with E-state index < -0.39 is 0 Å². The van der Waals surface area contributed by atoms with Crippen molar-refractivity contribution in [1.29, 1.82) is 0 Å². The molecule has 0 aliphatic rings. The van der Waals surface area contributed by atoms with Crippen LogP contribution < -0.4 is 10.6 Å². The molecule has 2 amide bonds. The van der Waals surface area contributed by atoms with E-state index in [1.165, 1.54) is 22.7 Å². The number of rotatable bonds is 2. The number of aromatic nitrogens is 1. The number of nitrogens with one attached hydrogen (secondary N) is 2. The van der Waals surface area contributed by atoms with Crippen molar-refractivity contribution in [2.24, 2.45) is 0 Å². The minimum absolute atomic E-state index is 0.277. The Kier molecular flexibility index (Phi) is 3.50. The fourth-order valence-corrected chi connectivity index (χ4v) is 3.57. The van der Waals surface area contributed by atoms with Gasteiger partial charge in [0.25, 0.3) is 0 Å². The summed E-state index contributed by atoms with van der Waals surface area (Å²) in [4.78, 5) is 16.1. The standard InChI is InChI=1S/C12H8BrN3OS2/c13-7-3-4-8-9(6-7)19-12(14-8)16-11(17)15-10-2-1-5-18-10/h1-6H,(H2,14,15,16,17). The van der Waals surface area contributed by atoms with Crippen LogP contribution in [0.1, 0.15) is 0 Å². The van der Waals surface area contributed by atoms with Crippen molar-refractivity contribution in [1.82, 2.24) is 4.98 Å². The van der Waals surface area contributed by atoms with Gasteiger partial charge in [-0.3, -0.25) is 10.6 Å². The largest absolute Gasteiger partial charge is 0.326 e. The predicted molar refractivity (Wildman–Crippen MR) is 84.3 cm³/mol. The maximum absolute atomic E-state index is 11.8. The Morgan fingerprint density at radius 1 is 1.26 bits per heavy atom. The van der Waals surface area contributed by atoms with Crippen LogP contribution >= 0.6 is 38.6 Å². The smallest absolute Gasteiger partial charge is 0.299 e. The fraction of sp³-hybridized carbons (Fsp3) is 0. The Morgan fingerprint density at radius 2 is 2.16 bits per heavy atom. The monoisotopic (exact) mass is 353 g/mol. The van der Waals surface area contributed by atoms with Crippen LogP contribution in [-0.4, -0.2) is 11.0 Å². The molecule has 0 unspecified atom stereocenters. The second-order valence-corrected chi connectivity index (χ2v) is 6.58. The third kappa shape index (κ3) is 2.94. The average Bonchev–Trinajstić information content (AvgIpc) is 2.97. The van der Waals surface area contributed by atoms with Gasteiger partial charge in [-0.2, -0.15) is 0 Å². The lowest BCUT2D eigenvalue weighted by atomic mass is 10.3. The predicted octanol–water partition coefficient (Wildman–Crippen LogP) is 4.76. The van der Waals surface area contributed by atoms with Crippen LogP contribution in [0.5, 0.6) is 0 Å². The number of amides is 2. The third-order valence-corrected chi connectivity index (χ3v) is 4.54. The quantitative estimate of drug-likeness (QED) is 0.697. The number of thiazole rings is 1. The van der Waals surface area contributed by atoms with Crippen molar-refractivity contribution in [3.63, 3.8) is 0 Å². The summed E-state index contributed by atoms with van der Waals surface area (Å²) < 4.78 is 2.03. The molecule has 0 saturated heterocycles. The molecule has 0 aliphatic heterocycles. The van der Waals surface area contributed by atoms with Crippen LogP contribution in [0.25, 0.3) is 10.2 Å². The van der Waals surface area contributed by atoms with Gasteiger partial charge in [0.2, 0.25) is 0 Å². The number of thiophene rings is 1. The fourth-order valence-electron chi connectivity index (χ4n) is 1.54. The van der Waals surface area contributed by atoms with Crippen LogP contribution in [-0.2, 0) is 0 Å². The first kappa shape index (κ1) is 12.6. The number of hydrogen-bond acceptors (Lipinski definition) is 4. The lowest BCUT2D eigenvalue weighted by Crippen LogP contribution is -2.18. The van der Waals surface area contributed by atoms with Gasteiger partial charge >= 0.3 is 6.03 Å². The molecule has 0 fully saturated rings. The highest BCUT2D eigenvalue weighted by Crippen LogP contribution is 2.28. The van der Waals surface area contributed by atoms with Crippen molar-refractivity contribution in [3.8, 4) is 0 Å². The van der Waals surface area contributed by atoms with Gasteiger partial charge in [0.05, 0.1) is 15.2 Å². The molecule has 1 aromatic carbocycles. The van der Waals surface area contributed by atoms with Crippen molar-refractivity contribution >= 4 is 65.0 Å². The van der Waals surface area contributed by atoms with Crippen LogP contribution in [0, 0.1) is 0 Å². The Balaban J connectivity index is 1.76. The van der Waals surface area contributed by atoms with Gasteiger partial charge in [-0.05, 0) is 35.7 Å². The summed E-state index contributed by atoms with van der Waals surface area (Å²) in [6, 6.07) is 9.28. The topological polar surface area (TPSA) is 54.0 Å². The second-order valence-electron chi connectivity index (χ2n) is 3.69. The molecule has 2 heterocycles. The van der Waals surface area contributed by atoms with Gasteiger partial charge in [-0.25, -0.2) is 9.78 Å². The van der Waals surface area contributed by atoms with Crippen LogP contribution in [0.3, 0.4) is 0 Å². The van der Waals surface area contributed by atoms with Crippen LogP contribution in [0.15, 0.2) is 40.2 Å². The molecule has 19 heavy (non-hydrogen) atoms. The molecule has 0 aliphatic carbocycles. The molecule has 0 saturated carbocycles. The number of nitrogens with zero attached hydrogens (tertiary/aromatic N) is 1. The van der Waals surface area contributed by atoms with Crippen LogP contribution in [0.2, 0.25) is 0 Å². The van der Waals surface area contributed by atoms with Gasteiger partial charge in [0.1, 0.15) is 0 Å². The van der Waals surface area contributed by atoms with Gasteiger partial charge in [0, 0.05) is 4.47 Å². The summed E-state index contributed by atoms with van der Waals surface area (Å²) in [7, 11) is 0. The summed E-state index contributed by atoms with van der Waals surface area (Å²) in [6.07, 6.45) is 0. The number of anilines is 2. The van der Waals surface area contributed by atoms with E-state index in [4.69, 9.17) is 0 Å². The first-order valence-corrected chi connectivity index (χ1v) is 7.87. The molecule has 0 radical (unpaired) electrons. The number of halogens is 1. The van der Waals surface area contributed by atoms with Crippen molar-refractivity contribution in [2.45, 2.75) is 0 Å². The lowest BCUT2D eigenvalue weighted by molar-refractivity contribution is 0.262. The third-order valence-electron chi connectivity index (χ3n) is 2.33. The van der Waals surface area contributed by atoms with E-state index in [1.54, 1.807) is 0 Å². The van der Waals surface area contributed by atoms with E-state index in [1.807, 2.05) is 35.7 Å². The summed E-state index contributed by atoms with van der Waals surface area (Å²) >= 11 is 6.33. The maximum atomic E-state index is 11.8. The summed E-state index contributed by atoms with van der Waals surface area (Å²) in [6.45, 7) is 0. The Labute approximate surface area is 125 Å². The molecule has 2 aromatic heterocycles. The lowest BCUT2D eigenvalue weighted by Gasteiger charge is -2.01. The molecule has 7 heteroatoms. The first-order chi connectivity index (χ1) is 9.20. The highest BCUT2D eigenvalue weighted by atomic mass is 79.9. The van der Waals surface area contributed by atoms with E-state index >= 15 is 0 Å². The van der Waals surface area contributed by atoms with Crippen molar-refractivity contribution in [3.05, 3.63) is 40.2 Å². The minimum Gasteiger partial charge on any atom is -0.299 e. The molecule has 96 valence electrons. The van der Waals surface area contributed by atoms with E-state index in [0.717, 1.165) is 19.7 Å². The zero-order valence-corrected chi connectivity index (χ0v) is 12.7. The maximum Gasteiger partial charge on any atom is 0.326 e. The molecule has 3 rings (SSSR count).